The molecule has 0 amide bonds. The lowest BCUT2D eigenvalue weighted by Crippen LogP contribution is -3.09. The summed E-state index contributed by atoms with van der Waals surface area (Å²) >= 11 is 0. The van der Waals surface area contributed by atoms with Crippen LogP contribution in [0.4, 0.5) is 0 Å². The maximum absolute atomic E-state index is 12.5. The Hall–Kier alpha value is -3.88. The molecule has 34 heavy (non-hydrogen) atoms. The van der Waals surface area contributed by atoms with E-state index in [2.05, 4.69) is 0 Å². The summed E-state index contributed by atoms with van der Waals surface area (Å²) in [5.41, 5.74) is 3.01. The summed E-state index contributed by atoms with van der Waals surface area (Å²) < 4.78 is 0. The fourth-order valence-electron chi connectivity index (χ4n) is 3.49. The predicted molar refractivity (Wildman–Crippen MR) is 131 cm³/mol. The molecule has 4 aromatic rings. The number of hydrogen-bond donors (Lipinski definition) is 3. The maximum Gasteiger partial charge on any atom is 0.199 e. The highest BCUT2D eigenvalue weighted by Crippen LogP contribution is 2.31. The third-order valence-electron chi connectivity index (χ3n) is 5.32. The number of nitrogens with one attached hydrogen (secondary N) is 2. The van der Waals surface area contributed by atoms with Gasteiger partial charge in [-0.05, 0) is 42.3 Å². The minimum Gasteiger partial charge on any atom is -0.591 e. The quantitative estimate of drug-likeness (QED) is 0.335. The Balaban J connectivity index is 1.43. The summed E-state index contributed by atoms with van der Waals surface area (Å²) in [4.78, 5) is 11.2. The highest BCUT2D eigenvalue weighted by atomic mass is 16.9. The van der Waals surface area contributed by atoms with Gasteiger partial charge < -0.3 is 25.2 Å². The van der Waals surface area contributed by atoms with E-state index >= 15 is 0 Å². The lowest BCUT2D eigenvalue weighted by Gasteiger charge is -2.22. The first kappa shape index (κ1) is 23.3. The second-order valence-corrected chi connectivity index (χ2v) is 7.91. The van der Waals surface area contributed by atoms with Gasteiger partial charge in [0.2, 0.25) is 0 Å². The van der Waals surface area contributed by atoms with Gasteiger partial charge in [-0.25, -0.2) is 0 Å². The predicted octanol–water partition coefficient (Wildman–Crippen LogP) is 3.12. The summed E-state index contributed by atoms with van der Waals surface area (Å²) in [7, 11) is 0. The number of aromatic hydroxyl groups is 1. The van der Waals surface area contributed by atoms with Gasteiger partial charge in [-0.1, -0.05) is 66.2 Å². The SMILES string of the molecule is Cc1ccc(CC[NH+]([O-])Oc2ccc(O[NH+]([O-])/C=C/c3ccc(O)cc3)c3ccccc23)cc1. The molecule has 0 spiro atoms. The number of fused-ring (bicyclic) bond motifs is 1. The van der Waals surface area contributed by atoms with Crippen LogP contribution in [-0.2, 0) is 6.42 Å². The number of hydrogen-bond acceptors (Lipinski definition) is 5. The Labute approximate surface area is 197 Å². The van der Waals surface area contributed by atoms with E-state index in [-0.39, 0.29) is 17.5 Å². The van der Waals surface area contributed by atoms with Gasteiger partial charge in [-0.3, -0.25) is 0 Å². The van der Waals surface area contributed by atoms with Crippen molar-refractivity contribution in [3.8, 4) is 17.2 Å². The first-order chi connectivity index (χ1) is 16.5. The van der Waals surface area contributed by atoms with E-state index in [1.54, 1.807) is 42.5 Å². The zero-order valence-electron chi connectivity index (χ0n) is 18.7. The van der Waals surface area contributed by atoms with Crippen molar-refractivity contribution < 1.29 is 25.2 Å². The molecule has 7 nitrogen and oxygen atoms in total. The van der Waals surface area contributed by atoms with E-state index in [0.717, 1.165) is 11.1 Å². The Bertz CT molecular complexity index is 1260. The van der Waals surface area contributed by atoms with E-state index in [4.69, 9.17) is 9.68 Å². The smallest absolute Gasteiger partial charge is 0.199 e. The van der Waals surface area contributed by atoms with Gasteiger partial charge in [0.1, 0.15) is 18.5 Å². The number of hydroxylamine groups is 4. The van der Waals surface area contributed by atoms with Crippen molar-refractivity contribution in [2.24, 2.45) is 0 Å². The van der Waals surface area contributed by atoms with Crippen molar-refractivity contribution in [1.82, 2.24) is 0 Å². The molecule has 0 aliphatic heterocycles. The van der Waals surface area contributed by atoms with Crippen LogP contribution in [0.15, 0.2) is 91.1 Å². The zero-order valence-corrected chi connectivity index (χ0v) is 18.7. The van der Waals surface area contributed by atoms with Crippen LogP contribution in [0.3, 0.4) is 0 Å². The molecular weight excluding hydrogens is 432 g/mol. The maximum atomic E-state index is 12.5. The first-order valence-electron chi connectivity index (χ1n) is 10.9. The molecule has 4 aromatic carbocycles. The number of benzene rings is 4. The molecule has 0 saturated carbocycles. The van der Waals surface area contributed by atoms with Crippen molar-refractivity contribution in [3.05, 3.63) is 118 Å². The van der Waals surface area contributed by atoms with Crippen LogP contribution in [0.5, 0.6) is 17.2 Å². The average molecular weight is 459 g/mol. The van der Waals surface area contributed by atoms with Crippen molar-refractivity contribution in [1.29, 1.82) is 0 Å². The van der Waals surface area contributed by atoms with Crippen molar-refractivity contribution in [2.45, 2.75) is 13.3 Å². The van der Waals surface area contributed by atoms with Crippen molar-refractivity contribution in [2.75, 3.05) is 6.54 Å². The number of quaternary nitrogens is 2. The Kier molecular flexibility index (Phi) is 7.41. The van der Waals surface area contributed by atoms with E-state index in [1.165, 1.54) is 11.8 Å². The highest BCUT2D eigenvalue weighted by Gasteiger charge is 2.13. The van der Waals surface area contributed by atoms with Gasteiger partial charge in [0.15, 0.2) is 11.5 Å². The minimum absolute atomic E-state index is 0.155. The molecule has 0 radical (unpaired) electrons. The van der Waals surface area contributed by atoms with Gasteiger partial charge in [0.05, 0.1) is 0 Å². The fourth-order valence-corrected chi connectivity index (χ4v) is 3.49. The molecule has 0 bridgehead atoms. The molecule has 2 atom stereocenters. The number of phenolic OH excluding ortho intramolecular Hbond substituents is 1. The molecule has 174 valence electrons. The molecule has 0 aromatic heterocycles. The number of aryl methyl sites for hydroxylation is 1. The van der Waals surface area contributed by atoms with Crippen molar-refractivity contribution in [3.63, 3.8) is 0 Å². The second-order valence-electron chi connectivity index (χ2n) is 7.91. The molecule has 7 heteroatoms. The molecular formula is C27H26N2O5. The zero-order chi connectivity index (χ0) is 23.9. The summed E-state index contributed by atoms with van der Waals surface area (Å²) in [6.07, 6.45) is 3.52. The van der Waals surface area contributed by atoms with E-state index in [0.29, 0.717) is 28.7 Å². The third kappa shape index (κ3) is 6.12. The van der Waals surface area contributed by atoms with E-state index < -0.39 is 5.23 Å². The van der Waals surface area contributed by atoms with Gasteiger partial charge in [0.25, 0.3) is 0 Å². The molecule has 0 aliphatic rings. The molecule has 4 rings (SSSR count). The normalized spacial score (nSPS) is 13.1. The van der Waals surface area contributed by atoms with Gasteiger partial charge in [0, 0.05) is 23.3 Å². The Morgan fingerprint density at radius 1 is 0.794 bits per heavy atom. The van der Waals surface area contributed by atoms with Crippen molar-refractivity contribution >= 4 is 16.8 Å². The van der Waals surface area contributed by atoms with Crippen LogP contribution in [-0.4, -0.2) is 11.7 Å². The van der Waals surface area contributed by atoms with Gasteiger partial charge in [-0.2, -0.15) is 10.5 Å². The summed E-state index contributed by atoms with van der Waals surface area (Å²) in [6.45, 7) is 2.28. The number of phenols is 1. The molecule has 2 unspecified atom stereocenters. The fraction of sp³-hybridized carbons (Fsp3) is 0.111. The summed E-state index contributed by atoms with van der Waals surface area (Å²) in [5, 5.41) is 34.7. The number of rotatable bonds is 9. The third-order valence-corrected chi connectivity index (χ3v) is 5.32. The van der Waals surface area contributed by atoms with E-state index in [1.807, 2.05) is 55.5 Å². The van der Waals surface area contributed by atoms with Crippen LogP contribution in [0, 0.1) is 17.3 Å². The molecule has 3 N–H and O–H groups in total. The minimum atomic E-state index is -0.541. The molecule has 0 aliphatic carbocycles. The summed E-state index contributed by atoms with van der Waals surface area (Å²) in [6, 6.07) is 25.1. The molecule has 0 fully saturated rings. The standard InChI is InChI=1S/C27H26N2O5/c1-20-6-8-21(9-7-20)16-18-28(31)33-26-14-15-27(25-5-3-2-4-24(25)26)34-29(32)19-17-22-10-12-23(30)13-11-22/h2-15,17,19,28-30H,16,18H2,1H3/b19-17+. The van der Waals surface area contributed by atoms with Gasteiger partial charge in [-0.15, -0.1) is 0 Å². The van der Waals surface area contributed by atoms with Crippen LogP contribution < -0.4 is 20.1 Å². The largest absolute Gasteiger partial charge is 0.591 e. The van der Waals surface area contributed by atoms with Crippen LogP contribution in [0.1, 0.15) is 16.7 Å². The van der Waals surface area contributed by atoms with Gasteiger partial charge >= 0.3 is 0 Å². The monoisotopic (exact) mass is 458 g/mol. The van der Waals surface area contributed by atoms with Crippen LogP contribution in [0.25, 0.3) is 16.8 Å². The topological polar surface area (TPSA) is 93.7 Å². The second kappa shape index (κ2) is 10.8. The summed E-state index contributed by atoms with van der Waals surface area (Å²) in [5.74, 6) is 0.946. The molecule has 0 heterocycles. The van der Waals surface area contributed by atoms with E-state index in [9.17, 15) is 15.5 Å². The first-order valence-corrected chi connectivity index (χ1v) is 10.9. The average Bonchev–Trinajstić information content (AvgIpc) is 2.85. The molecule has 0 saturated heterocycles. The highest BCUT2D eigenvalue weighted by molar-refractivity contribution is 5.93. The Morgan fingerprint density at radius 2 is 1.41 bits per heavy atom. The Morgan fingerprint density at radius 3 is 2.06 bits per heavy atom. The lowest BCUT2D eigenvalue weighted by atomic mass is 10.1. The van der Waals surface area contributed by atoms with Crippen LogP contribution >= 0.6 is 0 Å². The van der Waals surface area contributed by atoms with Crippen LogP contribution in [0.2, 0.25) is 0 Å². The lowest BCUT2D eigenvalue weighted by molar-refractivity contribution is -1.02.